The third-order valence-electron chi connectivity index (χ3n) is 2.16. The van der Waals surface area contributed by atoms with Gasteiger partial charge in [0.15, 0.2) is 5.69 Å². The van der Waals surface area contributed by atoms with Crippen molar-refractivity contribution in [2.24, 2.45) is 0 Å². The number of nitrogens with zero attached hydrogens (tertiary/aromatic N) is 1. The fraction of sp³-hybridized carbons (Fsp3) is 0.0909. The molecule has 0 aliphatic carbocycles. The zero-order valence-electron chi connectivity index (χ0n) is 8.70. The summed E-state index contributed by atoms with van der Waals surface area (Å²) < 4.78 is 6.12. The van der Waals surface area contributed by atoms with Crippen molar-refractivity contribution in [1.29, 1.82) is 0 Å². The molecule has 0 atom stereocenters. The van der Waals surface area contributed by atoms with Crippen molar-refractivity contribution in [3.63, 3.8) is 0 Å². The minimum absolute atomic E-state index is 0.0982. The fourth-order valence-electron chi connectivity index (χ4n) is 1.37. The number of carboxylic acid groups (broad SMARTS) is 1. The van der Waals surface area contributed by atoms with E-state index in [-0.39, 0.29) is 17.3 Å². The molecule has 1 aromatic heterocycles. The van der Waals surface area contributed by atoms with E-state index >= 15 is 0 Å². The van der Waals surface area contributed by atoms with Gasteiger partial charge in [-0.1, -0.05) is 27.5 Å². The summed E-state index contributed by atoms with van der Waals surface area (Å²) in [4.78, 5) is 14.7. The van der Waals surface area contributed by atoms with E-state index in [0.717, 1.165) is 4.47 Å². The van der Waals surface area contributed by atoms with Crippen molar-refractivity contribution < 1.29 is 14.3 Å². The first-order valence-corrected chi connectivity index (χ1v) is 5.82. The summed E-state index contributed by atoms with van der Waals surface area (Å²) >= 11 is 9.31. The number of halogens is 2. The van der Waals surface area contributed by atoms with E-state index in [0.29, 0.717) is 10.6 Å². The average Bonchev–Trinajstić information content (AvgIpc) is 2.60. The molecule has 1 heterocycles. The predicted molar refractivity (Wildman–Crippen MR) is 66.3 cm³/mol. The summed E-state index contributed by atoms with van der Waals surface area (Å²) in [6, 6.07) is 5.18. The molecule has 0 bridgehead atoms. The summed E-state index contributed by atoms with van der Waals surface area (Å²) in [5, 5.41) is 9.32. The third kappa shape index (κ3) is 2.35. The summed E-state index contributed by atoms with van der Waals surface area (Å²) in [5.41, 5.74) is 0.462. The summed E-state index contributed by atoms with van der Waals surface area (Å²) in [7, 11) is 0. The number of hydrogen-bond acceptors (Lipinski definition) is 3. The van der Waals surface area contributed by atoms with Crippen molar-refractivity contribution in [3.05, 3.63) is 39.1 Å². The van der Waals surface area contributed by atoms with Crippen LogP contribution in [0.1, 0.15) is 16.2 Å². The molecule has 0 aliphatic heterocycles. The Hall–Kier alpha value is -1.33. The van der Waals surface area contributed by atoms with Crippen molar-refractivity contribution in [2.75, 3.05) is 0 Å². The van der Waals surface area contributed by atoms with Crippen LogP contribution in [-0.2, 0) is 0 Å². The van der Waals surface area contributed by atoms with Crippen molar-refractivity contribution in [2.45, 2.75) is 6.92 Å². The summed E-state index contributed by atoms with van der Waals surface area (Å²) in [6.07, 6.45) is 0. The Bertz CT molecular complexity index is 594. The Morgan fingerprint density at radius 2 is 2.24 bits per heavy atom. The first-order valence-electron chi connectivity index (χ1n) is 4.65. The van der Waals surface area contributed by atoms with E-state index in [1.165, 1.54) is 0 Å². The molecule has 0 amide bonds. The smallest absolute Gasteiger partial charge is 0.358 e. The van der Waals surface area contributed by atoms with Crippen LogP contribution in [0.3, 0.4) is 0 Å². The second-order valence-corrected chi connectivity index (χ2v) is 4.68. The van der Waals surface area contributed by atoms with Crippen LogP contribution in [0.15, 0.2) is 27.1 Å². The Kier molecular flexibility index (Phi) is 3.22. The number of oxazole rings is 1. The first kappa shape index (κ1) is 12.1. The van der Waals surface area contributed by atoms with Gasteiger partial charge in [-0.05, 0) is 25.1 Å². The highest BCUT2D eigenvalue weighted by Crippen LogP contribution is 2.30. The van der Waals surface area contributed by atoms with Crippen LogP contribution in [0.4, 0.5) is 0 Å². The second-order valence-electron chi connectivity index (χ2n) is 3.35. The Balaban J connectivity index is 2.53. The van der Waals surface area contributed by atoms with Gasteiger partial charge in [0.25, 0.3) is 0 Å². The quantitative estimate of drug-likeness (QED) is 0.916. The number of benzene rings is 1. The minimum atomic E-state index is -1.12. The van der Waals surface area contributed by atoms with Gasteiger partial charge in [0, 0.05) is 4.47 Å². The molecule has 0 spiro atoms. The lowest BCUT2D eigenvalue weighted by atomic mass is 10.2. The van der Waals surface area contributed by atoms with E-state index in [9.17, 15) is 4.79 Å². The number of hydrogen-bond donors (Lipinski definition) is 1. The zero-order valence-corrected chi connectivity index (χ0v) is 11.0. The highest BCUT2D eigenvalue weighted by atomic mass is 79.9. The predicted octanol–water partition coefficient (Wildman–Crippen LogP) is 3.76. The molecule has 0 saturated carbocycles. The molecule has 0 fully saturated rings. The molecule has 0 aliphatic rings. The number of rotatable bonds is 2. The van der Waals surface area contributed by atoms with Crippen LogP contribution in [0, 0.1) is 6.92 Å². The molecule has 2 aromatic rings. The zero-order chi connectivity index (χ0) is 12.6. The van der Waals surface area contributed by atoms with Crippen LogP contribution < -0.4 is 0 Å². The molecule has 0 unspecified atom stereocenters. The third-order valence-corrected chi connectivity index (χ3v) is 2.97. The van der Waals surface area contributed by atoms with Crippen molar-refractivity contribution in [1.82, 2.24) is 4.98 Å². The van der Waals surface area contributed by atoms with Gasteiger partial charge in [-0.3, -0.25) is 0 Å². The van der Waals surface area contributed by atoms with Crippen LogP contribution in [0.25, 0.3) is 11.5 Å². The monoisotopic (exact) mass is 315 g/mol. The van der Waals surface area contributed by atoms with Crippen LogP contribution in [-0.4, -0.2) is 16.1 Å². The number of carbonyl (C=O) groups is 1. The highest BCUT2D eigenvalue weighted by molar-refractivity contribution is 9.10. The van der Waals surface area contributed by atoms with E-state index in [4.69, 9.17) is 21.1 Å². The standard InChI is InChI=1S/C11H7BrClNO3/c1-5-9(11(15)16)14-10(17-5)7-3-2-6(12)4-8(7)13/h2-4H,1H3,(H,15,16). The maximum atomic E-state index is 10.8. The summed E-state index contributed by atoms with van der Waals surface area (Å²) in [6.45, 7) is 1.55. The molecule has 17 heavy (non-hydrogen) atoms. The maximum Gasteiger partial charge on any atom is 0.358 e. The first-order chi connectivity index (χ1) is 7.99. The van der Waals surface area contributed by atoms with E-state index in [1.54, 1.807) is 25.1 Å². The van der Waals surface area contributed by atoms with Crippen molar-refractivity contribution >= 4 is 33.5 Å². The highest BCUT2D eigenvalue weighted by Gasteiger charge is 2.18. The summed E-state index contributed by atoms with van der Waals surface area (Å²) in [5.74, 6) is -0.658. The maximum absolute atomic E-state index is 10.8. The molecule has 2 rings (SSSR count). The van der Waals surface area contributed by atoms with Crippen molar-refractivity contribution in [3.8, 4) is 11.5 Å². The lowest BCUT2D eigenvalue weighted by Crippen LogP contribution is -1.98. The van der Waals surface area contributed by atoms with Gasteiger partial charge in [0.1, 0.15) is 5.76 Å². The van der Waals surface area contributed by atoms with Gasteiger partial charge in [-0.15, -0.1) is 0 Å². The van der Waals surface area contributed by atoms with Gasteiger partial charge in [-0.25, -0.2) is 9.78 Å². The van der Waals surface area contributed by atoms with Crippen LogP contribution >= 0.6 is 27.5 Å². The second kappa shape index (κ2) is 4.50. The molecule has 0 radical (unpaired) electrons. The van der Waals surface area contributed by atoms with E-state index in [1.807, 2.05) is 0 Å². The molecule has 0 saturated heterocycles. The van der Waals surface area contributed by atoms with Gasteiger partial charge < -0.3 is 9.52 Å². The van der Waals surface area contributed by atoms with Gasteiger partial charge in [0.2, 0.25) is 5.89 Å². The number of aryl methyl sites for hydroxylation is 1. The van der Waals surface area contributed by atoms with Gasteiger partial charge in [0.05, 0.1) is 10.6 Å². The number of carboxylic acids is 1. The SMILES string of the molecule is Cc1oc(-c2ccc(Br)cc2Cl)nc1C(=O)O. The molecule has 6 heteroatoms. The average molecular weight is 317 g/mol. The molecule has 1 N–H and O–H groups in total. The minimum Gasteiger partial charge on any atom is -0.476 e. The van der Waals surface area contributed by atoms with Gasteiger partial charge >= 0.3 is 5.97 Å². The topological polar surface area (TPSA) is 63.3 Å². The van der Waals surface area contributed by atoms with Crippen LogP contribution in [0.2, 0.25) is 5.02 Å². The number of aromatic carboxylic acids is 1. The Morgan fingerprint density at radius 3 is 2.76 bits per heavy atom. The van der Waals surface area contributed by atoms with Gasteiger partial charge in [-0.2, -0.15) is 0 Å². The lowest BCUT2D eigenvalue weighted by Gasteiger charge is -1.99. The molecular formula is C11H7BrClNO3. The molecule has 4 nitrogen and oxygen atoms in total. The molecule has 1 aromatic carbocycles. The Morgan fingerprint density at radius 1 is 1.53 bits per heavy atom. The molecular weight excluding hydrogens is 309 g/mol. The van der Waals surface area contributed by atoms with E-state index < -0.39 is 5.97 Å². The van der Waals surface area contributed by atoms with Crippen LogP contribution in [0.5, 0.6) is 0 Å². The lowest BCUT2D eigenvalue weighted by molar-refractivity contribution is 0.0689. The normalized spacial score (nSPS) is 10.5. The Labute approximate surface area is 110 Å². The molecule has 88 valence electrons. The van der Waals surface area contributed by atoms with E-state index in [2.05, 4.69) is 20.9 Å². The fourth-order valence-corrected chi connectivity index (χ4v) is 2.13. The largest absolute Gasteiger partial charge is 0.476 e. The number of aromatic nitrogens is 1.